The summed E-state index contributed by atoms with van der Waals surface area (Å²) >= 11 is 6.51. The number of carbonyl (C=O) groups is 3. The Balaban J connectivity index is 1.90. The standard InChI is InChI=1S/C24H21ClFNO4/c1-3-31-22(29)18-13-19(25)16(12-14-7-6-8-15(26)11-14)21(28)24(18)17-9-4-5-10-20(17)27(2)23(24)30/h4-11,18H,3,12-13H2,1-2H3. The van der Waals surface area contributed by atoms with E-state index in [0.29, 0.717) is 16.8 Å². The van der Waals surface area contributed by atoms with Gasteiger partial charge < -0.3 is 9.64 Å². The maximum absolute atomic E-state index is 14.0. The second-order valence-electron chi connectivity index (χ2n) is 7.72. The van der Waals surface area contributed by atoms with E-state index in [1.807, 2.05) is 0 Å². The molecule has 0 radical (unpaired) electrons. The normalized spacial score (nSPS) is 22.8. The minimum Gasteiger partial charge on any atom is -0.466 e. The number of hydrogen-bond acceptors (Lipinski definition) is 4. The van der Waals surface area contributed by atoms with Crippen LogP contribution in [0, 0.1) is 11.7 Å². The van der Waals surface area contributed by atoms with Crippen molar-refractivity contribution in [3.8, 4) is 0 Å². The van der Waals surface area contributed by atoms with Crippen LogP contribution >= 0.6 is 11.6 Å². The van der Waals surface area contributed by atoms with E-state index in [-0.39, 0.29) is 30.1 Å². The smallest absolute Gasteiger partial charge is 0.311 e. The van der Waals surface area contributed by atoms with Crippen molar-refractivity contribution >= 4 is 34.9 Å². The average molecular weight is 442 g/mol. The van der Waals surface area contributed by atoms with E-state index in [1.165, 1.54) is 17.0 Å². The highest BCUT2D eigenvalue weighted by Crippen LogP contribution is 2.53. The molecule has 0 bridgehead atoms. The lowest BCUT2D eigenvalue weighted by atomic mass is 9.61. The summed E-state index contributed by atoms with van der Waals surface area (Å²) < 4.78 is 19.0. The molecular formula is C24H21ClFNO4. The van der Waals surface area contributed by atoms with Crippen LogP contribution in [0.1, 0.15) is 24.5 Å². The molecule has 1 amide bonds. The summed E-state index contributed by atoms with van der Waals surface area (Å²) in [5, 5.41) is 0.192. The van der Waals surface area contributed by atoms with Crippen molar-refractivity contribution in [2.45, 2.75) is 25.2 Å². The molecule has 4 rings (SSSR count). The van der Waals surface area contributed by atoms with Crippen molar-refractivity contribution in [3.05, 3.63) is 76.1 Å². The summed E-state index contributed by atoms with van der Waals surface area (Å²) in [7, 11) is 1.58. The molecule has 2 unspecified atom stereocenters. The molecule has 0 N–H and O–H groups in total. The largest absolute Gasteiger partial charge is 0.466 e. The van der Waals surface area contributed by atoms with Crippen LogP contribution in [-0.2, 0) is 31.0 Å². The number of halogens is 2. The van der Waals surface area contributed by atoms with Gasteiger partial charge in [-0.3, -0.25) is 14.4 Å². The zero-order valence-corrected chi connectivity index (χ0v) is 17.9. The minimum absolute atomic E-state index is 0.00923. The lowest BCUT2D eigenvalue weighted by Crippen LogP contribution is -2.56. The quantitative estimate of drug-likeness (QED) is 0.532. The van der Waals surface area contributed by atoms with Crippen LogP contribution in [0.4, 0.5) is 10.1 Å². The van der Waals surface area contributed by atoms with Gasteiger partial charge in [-0.15, -0.1) is 0 Å². The van der Waals surface area contributed by atoms with E-state index < -0.39 is 34.8 Å². The first-order valence-electron chi connectivity index (χ1n) is 10.0. The highest BCUT2D eigenvalue weighted by Gasteiger charge is 2.64. The molecule has 1 spiro atoms. The van der Waals surface area contributed by atoms with Crippen LogP contribution in [-0.4, -0.2) is 31.3 Å². The molecule has 5 nitrogen and oxygen atoms in total. The molecule has 2 aromatic carbocycles. The molecule has 0 aromatic heterocycles. The molecular weight excluding hydrogens is 421 g/mol. The van der Waals surface area contributed by atoms with Gasteiger partial charge in [0.05, 0.1) is 12.5 Å². The second kappa shape index (κ2) is 7.93. The molecule has 0 fully saturated rings. The molecule has 0 saturated carbocycles. The number of Topliss-reactive ketones (excluding diaryl/α,β-unsaturated/α-hetero) is 1. The lowest BCUT2D eigenvalue weighted by molar-refractivity contribution is -0.156. The highest BCUT2D eigenvalue weighted by molar-refractivity contribution is 6.37. The van der Waals surface area contributed by atoms with E-state index in [1.54, 1.807) is 50.4 Å². The number of ether oxygens (including phenoxy) is 1. The maximum atomic E-state index is 14.0. The van der Waals surface area contributed by atoms with Crippen molar-refractivity contribution in [2.75, 3.05) is 18.6 Å². The van der Waals surface area contributed by atoms with E-state index in [9.17, 15) is 18.8 Å². The number of nitrogens with zero attached hydrogens (tertiary/aromatic N) is 1. The van der Waals surface area contributed by atoms with Crippen molar-refractivity contribution in [2.24, 2.45) is 5.92 Å². The number of esters is 1. The van der Waals surface area contributed by atoms with Gasteiger partial charge in [0, 0.05) is 35.3 Å². The molecule has 2 atom stereocenters. The first-order valence-corrected chi connectivity index (χ1v) is 10.4. The topological polar surface area (TPSA) is 63.7 Å². The molecule has 2 aromatic rings. The van der Waals surface area contributed by atoms with Crippen LogP contribution < -0.4 is 4.90 Å². The first kappa shape index (κ1) is 21.2. The summed E-state index contributed by atoms with van der Waals surface area (Å²) in [6.45, 7) is 1.78. The number of rotatable bonds is 4. The van der Waals surface area contributed by atoms with Gasteiger partial charge in [0.2, 0.25) is 5.91 Å². The number of likely N-dealkylation sites (N-methyl/N-ethyl adjacent to an activating group) is 1. The molecule has 1 aliphatic carbocycles. The molecule has 1 heterocycles. The second-order valence-corrected chi connectivity index (χ2v) is 8.17. The Morgan fingerprint density at radius 3 is 2.68 bits per heavy atom. The van der Waals surface area contributed by atoms with Crippen LogP contribution in [0.2, 0.25) is 0 Å². The van der Waals surface area contributed by atoms with Crippen LogP contribution in [0.15, 0.2) is 59.1 Å². The Bertz CT molecular complexity index is 1130. The zero-order valence-electron chi connectivity index (χ0n) is 17.2. The number of amides is 1. The van der Waals surface area contributed by atoms with Gasteiger partial charge in [0.15, 0.2) is 11.2 Å². The maximum Gasteiger partial charge on any atom is 0.311 e. The number of fused-ring (bicyclic) bond motifs is 2. The van der Waals surface area contributed by atoms with Gasteiger partial charge in [-0.1, -0.05) is 41.9 Å². The van der Waals surface area contributed by atoms with E-state index >= 15 is 0 Å². The zero-order chi connectivity index (χ0) is 22.3. The summed E-state index contributed by atoms with van der Waals surface area (Å²) in [6.07, 6.45) is 0.0522. The van der Waals surface area contributed by atoms with Crippen molar-refractivity contribution in [1.82, 2.24) is 0 Å². The summed E-state index contributed by atoms with van der Waals surface area (Å²) in [6, 6.07) is 12.8. The Morgan fingerprint density at radius 1 is 1.23 bits per heavy atom. The number of allylic oxidation sites excluding steroid dienone is 2. The highest BCUT2D eigenvalue weighted by atomic mass is 35.5. The number of carbonyl (C=O) groups excluding carboxylic acids is 3. The van der Waals surface area contributed by atoms with Gasteiger partial charge in [-0.05, 0) is 37.1 Å². The van der Waals surface area contributed by atoms with E-state index in [4.69, 9.17) is 16.3 Å². The SMILES string of the molecule is CCOC(=O)C1CC(Cl)=C(Cc2cccc(F)c2)C(=O)C12C(=O)N(C)c1ccccc12. The van der Waals surface area contributed by atoms with Crippen molar-refractivity contribution in [1.29, 1.82) is 0 Å². The van der Waals surface area contributed by atoms with Crippen LogP contribution in [0.25, 0.3) is 0 Å². The molecule has 1 aliphatic heterocycles. The van der Waals surface area contributed by atoms with Crippen molar-refractivity contribution < 1.29 is 23.5 Å². The fraction of sp³-hybridized carbons (Fsp3) is 0.292. The van der Waals surface area contributed by atoms with Crippen molar-refractivity contribution in [3.63, 3.8) is 0 Å². The van der Waals surface area contributed by atoms with E-state index in [2.05, 4.69) is 0 Å². The van der Waals surface area contributed by atoms with Gasteiger partial charge in [0.1, 0.15) is 5.82 Å². The van der Waals surface area contributed by atoms with Crippen LogP contribution in [0.3, 0.4) is 0 Å². The fourth-order valence-electron chi connectivity index (χ4n) is 4.65. The van der Waals surface area contributed by atoms with E-state index in [0.717, 1.165) is 0 Å². The number of benzene rings is 2. The van der Waals surface area contributed by atoms with Crippen LogP contribution in [0.5, 0.6) is 0 Å². The lowest BCUT2D eigenvalue weighted by Gasteiger charge is -2.38. The molecule has 160 valence electrons. The Labute approximate surface area is 184 Å². The Kier molecular flexibility index (Phi) is 5.43. The number of anilines is 1. The third kappa shape index (κ3) is 3.17. The Hall–Kier alpha value is -2.99. The first-order chi connectivity index (χ1) is 14.8. The average Bonchev–Trinajstić information content (AvgIpc) is 2.97. The number of ketones is 1. The third-order valence-electron chi connectivity index (χ3n) is 6.04. The molecule has 7 heteroatoms. The van der Waals surface area contributed by atoms with Gasteiger partial charge in [-0.25, -0.2) is 4.39 Å². The third-order valence-corrected chi connectivity index (χ3v) is 6.42. The molecule has 31 heavy (non-hydrogen) atoms. The summed E-state index contributed by atoms with van der Waals surface area (Å²) in [4.78, 5) is 41.9. The molecule has 0 saturated heterocycles. The predicted octanol–water partition coefficient (Wildman–Crippen LogP) is 3.93. The summed E-state index contributed by atoms with van der Waals surface area (Å²) in [5.74, 6) is -3.18. The van der Waals surface area contributed by atoms with Gasteiger partial charge in [-0.2, -0.15) is 0 Å². The monoisotopic (exact) mass is 441 g/mol. The predicted molar refractivity (Wildman–Crippen MR) is 114 cm³/mol. The fourth-order valence-corrected chi connectivity index (χ4v) is 4.96. The Morgan fingerprint density at radius 2 is 1.97 bits per heavy atom. The molecule has 2 aliphatic rings. The number of hydrogen-bond donors (Lipinski definition) is 0. The minimum atomic E-state index is -1.75. The number of para-hydroxylation sites is 1. The van der Waals surface area contributed by atoms with Gasteiger partial charge in [0.25, 0.3) is 0 Å². The summed E-state index contributed by atoms with van der Waals surface area (Å²) in [5.41, 5.74) is 0.0490. The van der Waals surface area contributed by atoms with Gasteiger partial charge >= 0.3 is 5.97 Å².